The van der Waals surface area contributed by atoms with Gasteiger partial charge in [-0.1, -0.05) is 12.1 Å². The summed E-state index contributed by atoms with van der Waals surface area (Å²) in [7, 11) is 0. The lowest BCUT2D eigenvalue weighted by atomic mass is 9.92. The zero-order valence-electron chi connectivity index (χ0n) is 12.5. The van der Waals surface area contributed by atoms with E-state index < -0.39 is 0 Å². The summed E-state index contributed by atoms with van der Waals surface area (Å²) in [6.45, 7) is 1.92. The maximum atomic E-state index is 14.2. The van der Waals surface area contributed by atoms with Crippen molar-refractivity contribution in [3.63, 3.8) is 0 Å². The largest absolute Gasteiger partial charge is 0.294 e. The van der Waals surface area contributed by atoms with Gasteiger partial charge in [0.2, 0.25) is 5.13 Å². The van der Waals surface area contributed by atoms with Gasteiger partial charge in [-0.25, -0.2) is 14.1 Å². The summed E-state index contributed by atoms with van der Waals surface area (Å²) in [5.41, 5.74) is 3.09. The van der Waals surface area contributed by atoms with Crippen LogP contribution in [0.4, 0.5) is 4.39 Å². The second kappa shape index (κ2) is 5.38. The maximum absolute atomic E-state index is 14.2. The van der Waals surface area contributed by atoms with Crippen LogP contribution in [0.2, 0.25) is 0 Å². The summed E-state index contributed by atoms with van der Waals surface area (Å²) >= 11 is 1.47. The molecular weight excluding hydrogens is 313 g/mol. The van der Waals surface area contributed by atoms with E-state index in [4.69, 9.17) is 0 Å². The maximum Gasteiger partial charge on any atom is 0.210 e. The molecule has 4 rings (SSSR count). The van der Waals surface area contributed by atoms with Crippen molar-refractivity contribution in [2.75, 3.05) is 0 Å². The minimum atomic E-state index is -0.367. The number of hydrogen-bond donors (Lipinski definition) is 0. The van der Waals surface area contributed by atoms with Crippen molar-refractivity contribution in [2.45, 2.75) is 26.2 Å². The van der Waals surface area contributed by atoms with E-state index in [9.17, 15) is 9.18 Å². The first-order valence-electron chi connectivity index (χ1n) is 7.47. The third kappa shape index (κ3) is 2.30. The topological polar surface area (TPSA) is 47.8 Å². The van der Waals surface area contributed by atoms with Gasteiger partial charge in [-0.15, -0.1) is 11.3 Å². The lowest BCUT2D eigenvalue weighted by Gasteiger charge is -2.12. The van der Waals surface area contributed by atoms with E-state index in [1.54, 1.807) is 22.9 Å². The number of carbonyl (C=O) groups is 1. The molecule has 2 aromatic heterocycles. The van der Waals surface area contributed by atoms with Gasteiger partial charge >= 0.3 is 0 Å². The molecule has 0 fully saturated rings. The minimum absolute atomic E-state index is 0.0315. The highest BCUT2D eigenvalue weighted by Gasteiger charge is 2.29. The fourth-order valence-electron chi connectivity index (χ4n) is 2.96. The van der Waals surface area contributed by atoms with Crippen LogP contribution in [0.1, 0.15) is 34.6 Å². The van der Waals surface area contributed by atoms with Crippen LogP contribution in [0, 0.1) is 12.7 Å². The second-order valence-corrected chi connectivity index (χ2v) is 6.45. The zero-order valence-corrected chi connectivity index (χ0v) is 13.4. The van der Waals surface area contributed by atoms with E-state index in [1.807, 2.05) is 12.3 Å². The van der Waals surface area contributed by atoms with Gasteiger partial charge in [0.1, 0.15) is 11.5 Å². The summed E-state index contributed by atoms with van der Waals surface area (Å²) < 4.78 is 15.9. The molecular formula is C17H14FN3OS. The first-order chi connectivity index (χ1) is 11.1. The highest BCUT2D eigenvalue weighted by atomic mass is 32.1. The fraction of sp³-hybridized carbons (Fsp3) is 0.235. The number of aryl methyl sites for hydroxylation is 1. The Bertz CT molecular complexity index is 912. The molecule has 0 spiro atoms. The Morgan fingerprint density at radius 3 is 2.83 bits per heavy atom. The van der Waals surface area contributed by atoms with Crippen molar-refractivity contribution in [3.8, 4) is 16.4 Å². The number of aromatic nitrogens is 3. The van der Waals surface area contributed by atoms with Crippen LogP contribution in [-0.4, -0.2) is 20.5 Å². The number of nitrogens with zero attached hydrogens (tertiary/aromatic N) is 3. The molecule has 1 aromatic carbocycles. The molecule has 0 aliphatic heterocycles. The molecule has 2 heterocycles. The molecule has 116 valence electrons. The Morgan fingerprint density at radius 1 is 1.26 bits per heavy atom. The van der Waals surface area contributed by atoms with Gasteiger partial charge < -0.3 is 0 Å². The predicted octanol–water partition coefficient (Wildman–Crippen LogP) is 3.96. The number of rotatable bonds is 2. The van der Waals surface area contributed by atoms with E-state index in [0.29, 0.717) is 23.2 Å². The minimum Gasteiger partial charge on any atom is -0.294 e. The number of carbonyl (C=O) groups excluding carboxylic acids is 1. The van der Waals surface area contributed by atoms with E-state index in [0.717, 1.165) is 29.4 Å². The fourth-order valence-corrected chi connectivity index (χ4v) is 3.73. The third-order valence-electron chi connectivity index (χ3n) is 3.99. The molecule has 0 N–H and O–H groups in total. The number of halogens is 1. The number of hydrogen-bond acceptors (Lipinski definition) is 4. The predicted molar refractivity (Wildman–Crippen MR) is 86.6 cm³/mol. The first kappa shape index (κ1) is 14.3. The van der Waals surface area contributed by atoms with Crippen molar-refractivity contribution in [3.05, 3.63) is 52.4 Å². The lowest BCUT2D eigenvalue weighted by molar-refractivity contribution is 0.0973. The first-order valence-corrected chi connectivity index (χ1v) is 8.35. The SMILES string of the molecule is Cc1csc(-n2nc(-c3ccccc3F)c3c2CCCC3=O)n1. The molecule has 1 aliphatic carbocycles. The Labute approximate surface area is 136 Å². The van der Waals surface area contributed by atoms with Crippen molar-refractivity contribution in [1.82, 2.24) is 14.8 Å². The van der Waals surface area contributed by atoms with Crippen LogP contribution in [0.25, 0.3) is 16.4 Å². The Balaban J connectivity index is 1.99. The molecule has 3 aromatic rings. The average Bonchev–Trinajstić information content (AvgIpc) is 3.12. The van der Waals surface area contributed by atoms with E-state index in [2.05, 4.69) is 10.1 Å². The molecule has 0 saturated carbocycles. The summed E-state index contributed by atoms with van der Waals surface area (Å²) in [5.74, 6) is -0.335. The molecule has 0 bridgehead atoms. The van der Waals surface area contributed by atoms with Crippen LogP contribution < -0.4 is 0 Å². The lowest BCUT2D eigenvalue weighted by Crippen LogP contribution is -2.13. The van der Waals surface area contributed by atoms with Gasteiger partial charge in [-0.2, -0.15) is 5.10 Å². The van der Waals surface area contributed by atoms with Crippen molar-refractivity contribution >= 4 is 17.1 Å². The van der Waals surface area contributed by atoms with Gasteiger partial charge in [0.25, 0.3) is 0 Å². The average molecular weight is 327 g/mol. The Morgan fingerprint density at radius 2 is 2.09 bits per heavy atom. The van der Waals surface area contributed by atoms with Gasteiger partial charge in [-0.05, 0) is 31.9 Å². The van der Waals surface area contributed by atoms with Crippen LogP contribution in [-0.2, 0) is 6.42 Å². The Hall–Kier alpha value is -2.34. The zero-order chi connectivity index (χ0) is 16.0. The molecule has 0 unspecified atom stereocenters. The number of ketones is 1. The van der Waals surface area contributed by atoms with Crippen molar-refractivity contribution in [2.24, 2.45) is 0 Å². The highest BCUT2D eigenvalue weighted by molar-refractivity contribution is 7.12. The summed E-state index contributed by atoms with van der Waals surface area (Å²) in [5, 5.41) is 7.22. The monoisotopic (exact) mass is 327 g/mol. The normalized spacial score (nSPS) is 14.1. The molecule has 0 amide bonds. The molecule has 23 heavy (non-hydrogen) atoms. The standard InChI is InChI=1S/C17H14FN3OS/c1-10-9-23-17(19-10)21-13-7-4-8-14(22)15(13)16(20-21)11-5-2-3-6-12(11)18/h2-3,5-6,9H,4,7-8H2,1H3. The van der Waals surface area contributed by atoms with Crippen LogP contribution >= 0.6 is 11.3 Å². The van der Waals surface area contributed by atoms with Gasteiger partial charge in [0.15, 0.2) is 5.78 Å². The van der Waals surface area contributed by atoms with Crippen LogP contribution in [0.3, 0.4) is 0 Å². The number of Topliss-reactive ketones (excluding diaryl/α,β-unsaturated/α-hetero) is 1. The highest BCUT2D eigenvalue weighted by Crippen LogP contribution is 2.34. The molecule has 4 nitrogen and oxygen atoms in total. The molecule has 0 saturated heterocycles. The van der Waals surface area contributed by atoms with Crippen LogP contribution in [0.5, 0.6) is 0 Å². The second-order valence-electron chi connectivity index (χ2n) is 5.61. The number of benzene rings is 1. The molecule has 6 heteroatoms. The van der Waals surface area contributed by atoms with E-state index in [1.165, 1.54) is 17.4 Å². The molecule has 1 aliphatic rings. The van der Waals surface area contributed by atoms with Crippen LogP contribution in [0.15, 0.2) is 29.6 Å². The van der Waals surface area contributed by atoms with E-state index >= 15 is 0 Å². The third-order valence-corrected chi connectivity index (χ3v) is 4.93. The molecule has 0 radical (unpaired) electrons. The summed E-state index contributed by atoms with van der Waals surface area (Å²) in [4.78, 5) is 16.9. The Kier molecular flexibility index (Phi) is 3.34. The van der Waals surface area contributed by atoms with Gasteiger partial charge in [0, 0.05) is 17.4 Å². The van der Waals surface area contributed by atoms with Crippen molar-refractivity contribution in [1.29, 1.82) is 0 Å². The summed E-state index contributed by atoms with van der Waals surface area (Å²) in [6.07, 6.45) is 2.02. The van der Waals surface area contributed by atoms with E-state index in [-0.39, 0.29) is 11.6 Å². The number of fused-ring (bicyclic) bond motifs is 1. The smallest absolute Gasteiger partial charge is 0.210 e. The summed E-state index contributed by atoms with van der Waals surface area (Å²) in [6, 6.07) is 6.44. The quantitative estimate of drug-likeness (QED) is 0.716. The molecule has 0 atom stereocenters. The van der Waals surface area contributed by atoms with Gasteiger partial charge in [-0.3, -0.25) is 4.79 Å². The van der Waals surface area contributed by atoms with Crippen molar-refractivity contribution < 1.29 is 9.18 Å². The number of thiazole rings is 1. The van der Waals surface area contributed by atoms with Gasteiger partial charge in [0.05, 0.1) is 17.0 Å².